The molecule has 4 rings (SSSR count). The van der Waals surface area contributed by atoms with Crippen molar-refractivity contribution in [2.75, 3.05) is 43.4 Å². The van der Waals surface area contributed by atoms with Gasteiger partial charge in [0.2, 0.25) is 0 Å². The maximum atomic E-state index is 13.0. The van der Waals surface area contributed by atoms with E-state index in [1.165, 1.54) is 6.07 Å². The first-order valence-electron chi connectivity index (χ1n) is 11.4. The van der Waals surface area contributed by atoms with Crippen LogP contribution in [0.25, 0.3) is 0 Å². The summed E-state index contributed by atoms with van der Waals surface area (Å²) in [6, 6.07) is 19.0. The van der Waals surface area contributed by atoms with Crippen molar-refractivity contribution in [3.63, 3.8) is 0 Å². The summed E-state index contributed by atoms with van der Waals surface area (Å²) in [5, 5.41) is 13.8. The Morgan fingerprint density at radius 3 is 2.35 bits per heavy atom. The summed E-state index contributed by atoms with van der Waals surface area (Å²) >= 11 is 5.91. The fraction of sp³-hybridized carbons (Fsp3) is 0.259. The molecule has 176 valence electrons. The van der Waals surface area contributed by atoms with Gasteiger partial charge in [0.1, 0.15) is 5.75 Å². The number of carbonyl (C=O) groups excluding carboxylic acids is 2. The summed E-state index contributed by atoms with van der Waals surface area (Å²) in [4.78, 5) is 30.3. The van der Waals surface area contributed by atoms with Crippen molar-refractivity contribution in [3.05, 3.63) is 88.4 Å². The summed E-state index contributed by atoms with van der Waals surface area (Å²) in [5.74, 6) is -0.561. The van der Waals surface area contributed by atoms with E-state index in [1.54, 1.807) is 48.5 Å². The third kappa shape index (κ3) is 5.76. The van der Waals surface area contributed by atoms with Crippen molar-refractivity contribution in [1.82, 2.24) is 4.90 Å². The van der Waals surface area contributed by atoms with Crippen molar-refractivity contribution in [3.8, 4) is 5.75 Å². The van der Waals surface area contributed by atoms with Gasteiger partial charge in [0.25, 0.3) is 5.91 Å². The third-order valence-corrected chi connectivity index (χ3v) is 6.35. The van der Waals surface area contributed by atoms with Gasteiger partial charge in [-0.05, 0) is 80.2 Å². The number of halogens is 1. The standard InChI is InChI=1S/C27H28ClN3O3/c1-30-14-3-15-31(17-16-30)23-12-8-20(9-13-23)27(34)29-26-21(4-2-5-24(26)32)18-25(33)19-6-10-22(28)11-7-19/h2,4-13,32H,3,14-18H2,1H3,(H,29,34). The molecule has 1 amide bonds. The summed E-state index contributed by atoms with van der Waals surface area (Å²) in [6.45, 7) is 4.02. The lowest BCUT2D eigenvalue weighted by atomic mass is 10.0. The molecule has 0 aromatic heterocycles. The van der Waals surface area contributed by atoms with Gasteiger partial charge in [0.15, 0.2) is 5.78 Å². The van der Waals surface area contributed by atoms with Crippen LogP contribution < -0.4 is 10.2 Å². The Morgan fingerprint density at radius 1 is 0.912 bits per heavy atom. The van der Waals surface area contributed by atoms with Crippen molar-refractivity contribution >= 4 is 34.7 Å². The van der Waals surface area contributed by atoms with Gasteiger partial charge in [-0.3, -0.25) is 9.59 Å². The molecule has 0 bridgehead atoms. The minimum Gasteiger partial charge on any atom is -0.506 e. The van der Waals surface area contributed by atoms with Crippen molar-refractivity contribution in [2.45, 2.75) is 12.8 Å². The Balaban J connectivity index is 1.47. The number of anilines is 2. The number of phenols is 1. The van der Waals surface area contributed by atoms with E-state index in [-0.39, 0.29) is 29.5 Å². The molecule has 3 aromatic carbocycles. The fourth-order valence-electron chi connectivity index (χ4n) is 4.10. The Bertz CT molecular complexity index is 1160. The van der Waals surface area contributed by atoms with Crippen LogP contribution in [0.4, 0.5) is 11.4 Å². The predicted octanol–water partition coefficient (Wildman–Crippen LogP) is 4.87. The van der Waals surface area contributed by atoms with Crippen LogP contribution in [0.1, 0.15) is 32.7 Å². The van der Waals surface area contributed by atoms with Crippen molar-refractivity contribution < 1.29 is 14.7 Å². The van der Waals surface area contributed by atoms with Gasteiger partial charge in [0, 0.05) is 47.9 Å². The topological polar surface area (TPSA) is 72.9 Å². The average molecular weight is 478 g/mol. The molecule has 0 spiro atoms. The number of aromatic hydroxyl groups is 1. The molecular formula is C27H28ClN3O3. The van der Waals surface area contributed by atoms with Crippen molar-refractivity contribution in [2.24, 2.45) is 0 Å². The van der Waals surface area contributed by atoms with Crippen LogP contribution in [0.15, 0.2) is 66.7 Å². The van der Waals surface area contributed by atoms with Gasteiger partial charge in [-0.25, -0.2) is 0 Å². The fourth-order valence-corrected chi connectivity index (χ4v) is 4.23. The first kappa shape index (κ1) is 23.8. The highest BCUT2D eigenvalue weighted by Crippen LogP contribution is 2.29. The predicted molar refractivity (Wildman–Crippen MR) is 136 cm³/mol. The molecule has 3 aromatic rings. The minimum atomic E-state index is -0.344. The third-order valence-electron chi connectivity index (χ3n) is 6.10. The zero-order chi connectivity index (χ0) is 24.1. The van der Waals surface area contributed by atoms with Crippen molar-refractivity contribution in [1.29, 1.82) is 0 Å². The molecule has 0 aliphatic carbocycles. The number of likely N-dealkylation sites (N-methyl/N-ethyl adjacent to an activating group) is 1. The molecule has 0 unspecified atom stereocenters. The number of amides is 1. The van der Waals surface area contributed by atoms with E-state index in [0.717, 1.165) is 38.3 Å². The molecule has 7 heteroatoms. The van der Waals surface area contributed by atoms with Gasteiger partial charge < -0.3 is 20.2 Å². The second kappa shape index (κ2) is 10.7. The molecule has 0 saturated carbocycles. The molecule has 1 saturated heterocycles. The second-order valence-corrected chi connectivity index (χ2v) is 9.00. The number of Topliss-reactive ketones (excluding diaryl/α,β-unsaturated/α-hetero) is 1. The zero-order valence-corrected chi connectivity index (χ0v) is 19.9. The number of hydrogen-bond acceptors (Lipinski definition) is 5. The number of nitrogens with zero attached hydrogens (tertiary/aromatic N) is 2. The van der Waals surface area contributed by atoms with Gasteiger partial charge in [-0.15, -0.1) is 0 Å². The number of carbonyl (C=O) groups is 2. The molecule has 2 N–H and O–H groups in total. The molecule has 1 fully saturated rings. The first-order chi connectivity index (χ1) is 16.4. The molecule has 6 nitrogen and oxygen atoms in total. The highest BCUT2D eigenvalue weighted by molar-refractivity contribution is 6.30. The number of rotatable bonds is 6. The number of phenolic OH excluding ortho intramolecular Hbond substituents is 1. The minimum absolute atomic E-state index is 0.0357. The molecule has 1 heterocycles. The van der Waals surface area contributed by atoms with Gasteiger partial charge in [0.05, 0.1) is 5.69 Å². The summed E-state index contributed by atoms with van der Waals surface area (Å²) in [6.07, 6.45) is 1.14. The van der Waals surface area contributed by atoms with E-state index in [9.17, 15) is 14.7 Å². The lowest BCUT2D eigenvalue weighted by Crippen LogP contribution is -2.28. The number of ketones is 1. The van der Waals surface area contributed by atoms with Crippen LogP contribution in [0.3, 0.4) is 0 Å². The summed E-state index contributed by atoms with van der Waals surface area (Å²) in [7, 11) is 2.13. The number of hydrogen-bond donors (Lipinski definition) is 2. The Kier molecular flexibility index (Phi) is 7.50. The molecule has 34 heavy (non-hydrogen) atoms. The largest absolute Gasteiger partial charge is 0.506 e. The zero-order valence-electron chi connectivity index (χ0n) is 19.1. The Morgan fingerprint density at radius 2 is 1.62 bits per heavy atom. The van der Waals surface area contributed by atoms with Gasteiger partial charge in [-0.2, -0.15) is 0 Å². The highest BCUT2D eigenvalue weighted by atomic mass is 35.5. The highest BCUT2D eigenvalue weighted by Gasteiger charge is 2.17. The monoisotopic (exact) mass is 477 g/mol. The van der Waals surface area contributed by atoms with E-state index in [0.29, 0.717) is 21.7 Å². The second-order valence-electron chi connectivity index (χ2n) is 8.56. The van der Waals surface area contributed by atoms with Gasteiger partial charge >= 0.3 is 0 Å². The van der Waals surface area contributed by atoms with Crippen LogP contribution in [-0.4, -0.2) is 54.9 Å². The van der Waals surface area contributed by atoms with Crippen LogP contribution in [-0.2, 0) is 6.42 Å². The summed E-state index contributed by atoms with van der Waals surface area (Å²) in [5.41, 5.74) is 2.87. The van der Waals surface area contributed by atoms with Crippen LogP contribution in [0, 0.1) is 0 Å². The summed E-state index contributed by atoms with van der Waals surface area (Å²) < 4.78 is 0. The average Bonchev–Trinajstić information content (AvgIpc) is 3.06. The molecule has 0 radical (unpaired) electrons. The Hall–Kier alpha value is -3.35. The lowest BCUT2D eigenvalue weighted by molar-refractivity contribution is 0.0989. The SMILES string of the molecule is CN1CCCN(c2ccc(C(=O)Nc3c(O)cccc3CC(=O)c3ccc(Cl)cc3)cc2)CC1. The number of nitrogens with one attached hydrogen (secondary N) is 1. The van der Waals surface area contributed by atoms with Crippen LogP contribution in [0.2, 0.25) is 5.02 Å². The van der Waals surface area contributed by atoms with Gasteiger partial charge in [-0.1, -0.05) is 23.7 Å². The molecular weight excluding hydrogens is 450 g/mol. The van der Waals surface area contributed by atoms with E-state index in [2.05, 4.69) is 22.2 Å². The smallest absolute Gasteiger partial charge is 0.255 e. The normalized spacial score (nSPS) is 14.5. The molecule has 1 aliphatic rings. The maximum absolute atomic E-state index is 13.0. The van der Waals surface area contributed by atoms with E-state index >= 15 is 0 Å². The molecule has 1 aliphatic heterocycles. The first-order valence-corrected chi connectivity index (χ1v) is 11.7. The van der Waals surface area contributed by atoms with E-state index < -0.39 is 0 Å². The number of benzene rings is 3. The van der Waals surface area contributed by atoms with E-state index in [1.807, 2.05) is 12.1 Å². The van der Waals surface area contributed by atoms with Crippen LogP contribution in [0.5, 0.6) is 5.75 Å². The van der Waals surface area contributed by atoms with Crippen LogP contribution >= 0.6 is 11.6 Å². The number of para-hydroxylation sites is 1. The lowest BCUT2D eigenvalue weighted by Gasteiger charge is -2.23. The maximum Gasteiger partial charge on any atom is 0.255 e. The quantitative estimate of drug-likeness (QED) is 0.391. The van der Waals surface area contributed by atoms with E-state index in [4.69, 9.17) is 11.6 Å². The Labute approximate surface area is 204 Å². The molecule has 0 atom stereocenters.